The summed E-state index contributed by atoms with van der Waals surface area (Å²) in [6, 6.07) is -1.25. The van der Waals surface area contributed by atoms with E-state index in [0.717, 1.165) is 6.42 Å². The Labute approximate surface area is 100 Å². The average Bonchev–Trinajstić information content (AvgIpc) is 2.73. The molecule has 0 spiro atoms. The van der Waals surface area contributed by atoms with Crippen LogP contribution in [0.25, 0.3) is 0 Å². The molecule has 0 saturated carbocycles. The molecule has 2 atom stereocenters. The first-order chi connectivity index (χ1) is 7.97. The van der Waals surface area contributed by atoms with Crippen molar-refractivity contribution < 1.29 is 19.1 Å². The number of ether oxygens (including phenoxy) is 1. The summed E-state index contributed by atoms with van der Waals surface area (Å²) in [7, 11) is 1.26. The van der Waals surface area contributed by atoms with Gasteiger partial charge in [0.2, 0.25) is 11.8 Å². The molecule has 0 aromatic carbocycles. The molecule has 17 heavy (non-hydrogen) atoms. The van der Waals surface area contributed by atoms with Crippen LogP contribution in [0.1, 0.15) is 26.7 Å². The number of carbonyl (C=O) groups excluding carboxylic acids is 3. The molecule has 0 radical (unpaired) electrons. The minimum absolute atomic E-state index is 0.0154. The third kappa shape index (κ3) is 3.18. The van der Waals surface area contributed by atoms with E-state index in [9.17, 15) is 14.4 Å². The van der Waals surface area contributed by atoms with Crippen LogP contribution in [-0.2, 0) is 19.1 Å². The van der Waals surface area contributed by atoms with Crippen molar-refractivity contribution in [3.8, 4) is 0 Å². The molecule has 96 valence electrons. The molecule has 1 aliphatic rings. The second-order valence-electron chi connectivity index (χ2n) is 4.12. The van der Waals surface area contributed by atoms with Crippen LogP contribution >= 0.6 is 0 Å². The Morgan fingerprint density at radius 1 is 1.41 bits per heavy atom. The Kier molecular flexibility index (Phi) is 4.48. The quantitative estimate of drug-likeness (QED) is 0.685. The van der Waals surface area contributed by atoms with E-state index >= 15 is 0 Å². The Balaban J connectivity index is 2.52. The van der Waals surface area contributed by atoms with Crippen LogP contribution < -0.4 is 5.32 Å². The monoisotopic (exact) mass is 242 g/mol. The molecule has 0 aromatic heterocycles. The number of hydrogen-bond donors (Lipinski definition) is 1. The fraction of sp³-hybridized carbons (Fsp3) is 0.727. The van der Waals surface area contributed by atoms with E-state index in [1.54, 1.807) is 13.8 Å². The lowest BCUT2D eigenvalue weighted by atomic mass is 10.2. The van der Waals surface area contributed by atoms with Crippen molar-refractivity contribution in [1.82, 2.24) is 10.2 Å². The van der Waals surface area contributed by atoms with Crippen molar-refractivity contribution in [2.24, 2.45) is 0 Å². The van der Waals surface area contributed by atoms with Gasteiger partial charge >= 0.3 is 5.97 Å². The van der Waals surface area contributed by atoms with Gasteiger partial charge in [-0.05, 0) is 20.3 Å². The normalized spacial score (nSPS) is 18.8. The lowest BCUT2D eigenvalue weighted by molar-refractivity contribution is -0.145. The summed E-state index contributed by atoms with van der Waals surface area (Å²) < 4.78 is 4.51. The highest BCUT2D eigenvalue weighted by Gasteiger charge is 2.30. The van der Waals surface area contributed by atoms with Crippen LogP contribution in [0.15, 0.2) is 0 Å². The molecule has 1 fully saturated rings. The standard InChI is InChI=1S/C11H18N2O4/c1-7(11(16)17-3)12-10(15)8(2)13-6-4-5-9(13)14/h7-8H,4-6H2,1-3H3,(H,12,15)/t7-,8-/m0/s1. The first kappa shape index (κ1) is 13.5. The van der Waals surface area contributed by atoms with Crippen molar-refractivity contribution in [1.29, 1.82) is 0 Å². The van der Waals surface area contributed by atoms with Gasteiger partial charge in [0.15, 0.2) is 0 Å². The largest absolute Gasteiger partial charge is 0.467 e. The van der Waals surface area contributed by atoms with Gasteiger partial charge in [-0.25, -0.2) is 4.79 Å². The van der Waals surface area contributed by atoms with Gasteiger partial charge in [-0.1, -0.05) is 0 Å². The zero-order chi connectivity index (χ0) is 13.0. The van der Waals surface area contributed by atoms with E-state index in [1.807, 2.05) is 0 Å². The molecule has 1 heterocycles. The predicted molar refractivity (Wildman–Crippen MR) is 60.0 cm³/mol. The molecular formula is C11H18N2O4. The first-order valence-electron chi connectivity index (χ1n) is 5.65. The van der Waals surface area contributed by atoms with Crippen molar-refractivity contribution >= 4 is 17.8 Å². The third-order valence-corrected chi connectivity index (χ3v) is 2.87. The second kappa shape index (κ2) is 5.65. The first-order valence-corrected chi connectivity index (χ1v) is 5.65. The van der Waals surface area contributed by atoms with Gasteiger partial charge in [0.25, 0.3) is 0 Å². The second-order valence-corrected chi connectivity index (χ2v) is 4.12. The lowest BCUT2D eigenvalue weighted by Crippen LogP contribution is -2.50. The zero-order valence-electron chi connectivity index (χ0n) is 10.4. The number of nitrogens with one attached hydrogen (secondary N) is 1. The smallest absolute Gasteiger partial charge is 0.328 e. The van der Waals surface area contributed by atoms with E-state index in [4.69, 9.17) is 0 Å². The number of likely N-dealkylation sites (tertiary alicyclic amines) is 1. The van der Waals surface area contributed by atoms with Crippen molar-refractivity contribution in [3.63, 3.8) is 0 Å². The lowest BCUT2D eigenvalue weighted by Gasteiger charge is -2.24. The van der Waals surface area contributed by atoms with Crippen LogP contribution in [0.4, 0.5) is 0 Å². The van der Waals surface area contributed by atoms with Gasteiger partial charge in [0.1, 0.15) is 12.1 Å². The average molecular weight is 242 g/mol. The summed E-state index contributed by atoms with van der Waals surface area (Å²) in [5.41, 5.74) is 0. The van der Waals surface area contributed by atoms with E-state index in [1.165, 1.54) is 12.0 Å². The van der Waals surface area contributed by atoms with Gasteiger partial charge < -0.3 is 15.0 Å². The van der Waals surface area contributed by atoms with E-state index in [0.29, 0.717) is 13.0 Å². The Morgan fingerprint density at radius 2 is 2.06 bits per heavy atom. The maximum absolute atomic E-state index is 11.8. The summed E-state index contributed by atoms with van der Waals surface area (Å²) in [5, 5.41) is 2.52. The maximum atomic E-state index is 11.8. The molecule has 1 aliphatic heterocycles. The highest BCUT2D eigenvalue weighted by molar-refractivity contribution is 5.90. The topological polar surface area (TPSA) is 75.7 Å². The summed E-state index contributed by atoms with van der Waals surface area (Å²) in [5.74, 6) is -0.852. The predicted octanol–water partition coefficient (Wildman–Crippen LogP) is -0.325. The molecule has 0 unspecified atom stereocenters. The molecule has 2 amide bonds. The molecule has 6 heteroatoms. The Hall–Kier alpha value is -1.59. The van der Waals surface area contributed by atoms with Crippen LogP contribution in [-0.4, -0.2) is 48.4 Å². The number of amides is 2. The van der Waals surface area contributed by atoms with E-state index in [2.05, 4.69) is 10.1 Å². The van der Waals surface area contributed by atoms with Crippen molar-refractivity contribution in [2.45, 2.75) is 38.8 Å². The van der Waals surface area contributed by atoms with Gasteiger partial charge in [-0.2, -0.15) is 0 Å². The number of carbonyl (C=O) groups is 3. The molecular weight excluding hydrogens is 224 g/mol. The molecule has 1 N–H and O–H groups in total. The number of hydrogen-bond acceptors (Lipinski definition) is 4. The van der Waals surface area contributed by atoms with Gasteiger partial charge in [-0.3, -0.25) is 9.59 Å². The third-order valence-electron chi connectivity index (χ3n) is 2.87. The maximum Gasteiger partial charge on any atom is 0.328 e. The number of methoxy groups -OCH3 is 1. The van der Waals surface area contributed by atoms with Gasteiger partial charge in [0.05, 0.1) is 7.11 Å². The Morgan fingerprint density at radius 3 is 2.53 bits per heavy atom. The van der Waals surface area contributed by atoms with E-state index in [-0.39, 0.29) is 11.8 Å². The summed E-state index contributed by atoms with van der Waals surface area (Å²) in [6.07, 6.45) is 1.27. The molecule has 1 rings (SSSR count). The minimum atomic E-state index is -0.701. The van der Waals surface area contributed by atoms with Gasteiger partial charge in [0, 0.05) is 13.0 Å². The van der Waals surface area contributed by atoms with Crippen molar-refractivity contribution in [3.05, 3.63) is 0 Å². The SMILES string of the molecule is COC(=O)[C@H](C)NC(=O)[C@H](C)N1CCCC1=O. The van der Waals surface area contributed by atoms with Crippen LogP contribution in [0, 0.1) is 0 Å². The van der Waals surface area contributed by atoms with E-state index < -0.39 is 18.1 Å². The molecule has 0 bridgehead atoms. The minimum Gasteiger partial charge on any atom is -0.467 e. The molecule has 0 aliphatic carbocycles. The van der Waals surface area contributed by atoms with Gasteiger partial charge in [-0.15, -0.1) is 0 Å². The number of rotatable bonds is 4. The number of nitrogens with zero attached hydrogens (tertiary/aromatic N) is 1. The fourth-order valence-electron chi connectivity index (χ4n) is 1.79. The molecule has 1 saturated heterocycles. The molecule has 6 nitrogen and oxygen atoms in total. The van der Waals surface area contributed by atoms with Crippen LogP contribution in [0.5, 0.6) is 0 Å². The Bertz CT molecular complexity index is 329. The zero-order valence-corrected chi connectivity index (χ0v) is 10.4. The fourth-order valence-corrected chi connectivity index (χ4v) is 1.79. The summed E-state index contributed by atoms with van der Waals surface area (Å²) >= 11 is 0. The highest BCUT2D eigenvalue weighted by Crippen LogP contribution is 2.13. The van der Waals surface area contributed by atoms with Crippen LogP contribution in [0.3, 0.4) is 0 Å². The number of esters is 1. The molecule has 0 aromatic rings. The van der Waals surface area contributed by atoms with Crippen LogP contribution in [0.2, 0.25) is 0 Å². The van der Waals surface area contributed by atoms with Crippen molar-refractivity contribution in [2.75, 3.05) is 13.7 Å². The summed E-state index contributed by atoms with van der Waals surface area (Å²) in [4.78, 5) is 35.9. The highest BCUT2D eigenvalue weighted by atomic mass is 16.5. The summed E-state index contributed by atoms with van der Waals surface area (Å²) in [6.45, 7) is 3.80.